The van der Waals surface area contributed by atoms with Crippen molar-refractivity contribution < 1.29 is 9.26 Å². The number of ether oxygens (including phenoxy) is 1. The van der Waals surface area contributed by atoms with Crippen molar-refractivity contribution in [1.29, 1.82) is 0 Å². The molecule has 4 rings (SSSR count). The molecule has 2 N–H and O–H groups in total. The van der Waals surface area contributed by atoms with Gasteiger partial charge in [-0.2, -0.15) is 20.1 Å². The van der Waals surface area contributed by atoms with Gasteiger partial charge in [-0.15, -0.1) is 0 Å². The number of methoxy groups -OCH3 is 1. The first-order valence-electron chi connectivity index (χ1n) is 8.63. The molecular formula is C16H21N9O2. The van der Waals surface area contributed by atoms with Gasteiger partial charge in [0.15, 0.2) is 11.6 Å². The van der Waals surface area contributed by atoms with Crippen LogP contribution >= 0.6 is 0 Å². The van der Waals surface area contributed by atoms with Crippen LogP contribution < -0.4 is 10.6 Å². The van der Waals surface area contributed by atoms with Gasteiger partial charge in [-0.1, -0.05) is 5.16 Å². The van der Waals surface area contributed by atoms with Crippen LogP contribution in [0.1, 0.15) is 11.7 Å². The fourth-order valence-electron chi connectivity index (χ4n) is 2.99. The second-order valence-corrected chi connectivity index (χ2v) is 6.19. The van der Waals surface area contributed by atoms with Crippen LogP contribution in [0.15, 0.2) is 29.0 Å². The highest BCUT2D eigenvalue weighted by Gasteiger charge is 2.21. The zero-order chi connectivity index (χ0) is 18.6. The van der Waals surface area contributed by atoms with E-state index < -0.39 is 0 Å². The molecule has 4 heterocycles. The normalized spacial score (nSPS) is 15.4. The second-order valence-electron chi connectivity index (χ2n) is 6.19. The largest absolute Gasteiger partial charge is 0.377 e. The fraction of sp³-hybridized carbons (Fsp3) is 0.438. The fourth-order valence-corrected chi connectivity index (χ4v) is 2.99. The lowest BCUT2D eigenvalue weighted by atomic mass is 10.3. The molecule has 0 aliphatic carbocycles. The molecule has 11 heteroatoms. The van der Waals surface area contributed by atoms with E-state index in [0.29, 0.717) is 30.7 Å². The van der Waals surface area contributed by atoms with Gasteiger partial charge in [0, 0.05) is 51.7 Å². The average molecular weight is 371 g/mol. The number of nitrogen functional groups attached to an aromatic ring is 1. The lowest BCUT2D eigenvalue weighted by Gasteiger charge is -2.34. The maximum atomic E-state index is 5.89. The molecule has 1 saturated heterocycles. The third-order valence-electron chi connectivity index (χ3n) is 4.29. The van der Waals surface area contributed by atoms with E-state index in [2.05, 4.69) is 35.0 Å². The number of piperazine rings is 1. The summed E-state index contributed by atoms with van der Waals surface area (Å²) >= 11 is 0. The molecule has 1 aliphatic heterocycles. The molecular weight excluding hydrogens is 350 g/mol. The number of nitrogens with zero attached hydrogens (tertiary/aromatic N) is 8. The first-order valence-corrected chi connectivity index (χ1v) is 8.63. The van der Waals surface area contributed by atoms with Crippen molar-refractivity contribution in [3.8, 4) is 5.82 Å². The van der Waals surface area contributed by atoms with Crippen LogP contribution in [-0.4, -0.2) is 68.1 Å². The third kappa shape index (κ3) is 4.04. The number of nitrogens with two attached hydrogens (primary N) is 1. The first kappa shape index (κ1) is 17.4. The van der Waals surface area contributed by atoms with E-state index in [9.17, 15) is 0 Å². The summed E-state index contributed by atoms with van der Waals surface area (Å²) in [6.45, 7) is 4.30. The molecule has 0 bridgehead atoms. The van der Waals surface area contributed by atoms with E-state index in [-0.39, 0.29) is 5.95 Å². The van der Waals surface area contributed by atoms with Crippen LogP contribution in [0.2, 0.25) is 0 Å². The molecule has 0 amide bonds. The van der Waals surface area contributed by atoms with E-state index in [1.807, 2.05) is 18.3 Å². The molecule has 0 saturated carbocycles. The zero-order valence-corrected chi connectivity index (χ0v) is 15.0. The Morgan fingerprint density at radius 1 is 1.15 bits per heavy atom. The van der Waals surface area contributed by atoms with Crippen molar-refractivity contribution in [3.05, 3.63) is 36.2 Å². The molecule has 0 radical (unpaired) electrons. The Morgan fingerprint density at radius 3 is 2.70 bits per heavy atom. The van der Waals surface area contributed by atoms with E-state index in [1.165, 1.54) is 0 Å². The van der Waals surface area contributed by atoms with Gasteiger partial charge in [0.2, 0.25) is 11.8 Å². The molecule has 0 unspecified atom stereocenters. The van der Waals surface area contributed by atoms with Crippen LogP contribution in [-0.2, 0) is 17.9 Å². The molecule has 27 heavy (non-hydrogen) atoms. The summed E-state index contributed by atoms with van der Waals surface area (Å²) in [7, 11) is 1.60. The van der Waals surface area contributed by atoms with Crippen molar-refractivity contribution in [2.45, 2.75) is 13.2 Å². The standard InChI is InChI=1S/C16H21N9O2/c1-26-11-12-19-15(27-22-12)10-23-5-7-24(8-6-23)13-9-14(21-16(17)20-13)25-4-2-3-18-25/h2-4,9H,5-8,10-11H2,1H3,(H2,17,20,21). The summed E-state index contributed by atoms with van der Waals surface area (Å²) in [6, 6.07) is 3.74. The van der Waals surface area contributed by atoms with Gasteiger partial charge in [0.05, 0.1) is 6.54 Å². The molecule has 1 fully saturated rings. The highest BCUT2D eigenvalue weighted by atomic mass is 16.5. The third-order valence-corrected chi connectivity index (χ3v) is 4.29. The minimum absolute atomic E-state index is 0.233. The quantitative estimate of drug-likeness (QED) is 0.637. The lowest BCUT2D eigenvalue weighted by Crippen LogP contribution is -2.46. The van der Waals surface area contributed by atoms with Crippen LogP contribution in [0.3, 0.4) is 0 Å². The minimum Gasteiger partial charge on any atom is -0.377 e. The van der Waals surface area contributed by atoms with Crippen molar-refractivity contribution >= 4 is 11.8 Å². The summed E-state index contributed by atoms with van der Waals surface area (Å²) in [4.78, 5) is 17.4. The van der Waals surface area contributed by atoms with Gasteiger partial charge >= 0.3 is 0 Å². The average Bonchev–Trinajstić information content (AvgIpc) is 3.34. The van der Waals surface area contributed by atoms with Crippen molar-refractivity contribution in [2.75, 3.05) is 43.9 Å². The summed E-state index contributed by atoms with van der Waals surface area (Å²) < 4.78 is 11.9. The number of anilines is 2. The molecule has 3 aromatic rings. The van der Waals surface area contributed by atoms with E-state index in [0.717, 1.165) is 32.0 Å². The Bertz CT molecular complexity index is 872. The summed E-state index contributed by atoms with van der Waals surface area (Å²) in [5, 5.41) is 8.09. The Kier molecular flexibility index (Phi) is 4.94. The smallest absolute Gasteiger partial charge is 0.240 e. The van der Waals surface area contributed by atoms with Crippen LogP contribution in [0.25, 0.3) is 5.82 Å². The summed E-state index contributed by atoms with van der Waals surface area (Å²) in [5.41, 5.74) is 5.89. The number of hydrogen-bond acceptors (Lipinski definition) is 10. The predicted molar refractivity (Wildman–Crippen MR) is 96.1 cm³/mol. The molecule has 142 valence electrons. The SMILES string of the molecule is COCc1noc(CN2CCN(c3cc(-n4cccn4)nc(N)n3)CC2)n1. The zero-order valence-electron chi connectivity index (χ0n) is 15.0. The molecule has 3 aromatic heterocycles. The Morgan fingerprint density at radius 2 is 1.96 bits per heavy atom. The van der Waals surface area contributed by atoms with E-state index in [1.54, 1.807) is 18.0 Å². The highest BCUT2D eigenvalue weighted by Crippen LogP contribution is 2.18. The minimum atomic E-state index is 0.233. The van der Waals surface area contributed by atoms with Crippen molar-refractivity contribution in [3.63, 3.8) is 0 Å². The maximum Gasteiger partial charge on any atom is 0.240 e. The van der Waals surface area contributed by atoms with Crippen molar-refractivity contribution in [2.24, 2.45) is 0 Å². The van der Waals surface area contributed by atoms with Gasteiger partial charge in [0.25, 0.3) is 0 Å². The van der Waals surface area contributed by atoms with Crippen LogP contribution in [0, 0.1) is 0 Å². The maximum absolute atomic E-state index is 5.89. The number of rotatable bonds is 6. The second kappa shape index (κ2) is 7.68. The number of hydrogen-bond donors (Lipinski definition) is 1. The first-order chi connectivity index (χ1) is 13.2. The lowest BCUT2D eigenvalue weighted by molar-refractivity contribution is 0.174. The molecule has 0 spiro atoms. The number of aromatic nitrogens is 6. The summed E-state index contributed by atoms with van der Waals surface area (Å²) in [5.74, 6) is 2.85. The van der Waals surface area contributed by atoms with Gasteiger partial charge in [-0.05, 0) is 6.07 Å². The molecule has 0 aromatic carbocycles. The molecule has 0 atom stereocenters. The predicted octanol–water partition coefficient (Wildman–Crippen LogP) is 0.0961. The van der Waals surface area contributed by atoms with Gasteiger partial charge in [-0.25, -0.2) is 4.68 Å². The van der Waals surface area contributed by atoms with E-state index in [4.69, 9.17) is 15.0 Å². The van der Waals surface area contributed by atoms with Crippen LogP contribution in [0.4, 0.5) is 11.8 Å². The van der Waals surface area contributed by atoms with Crippen LogP contribution in [0.5, 0.6) is 0 Å². The Labute approximate surface area is 155 Å². The highest BCUT2D eigenvalue weighted by molar-refractivity contribution is 5.48. The van der Waals surface area contributed by atoms with E-state index >= 15 is 0 Å². The topological polar surface area (TPSA) is 124 Å². The Balaban J connectivity index is 1.39. The van der Waals surface area contributed by atoms with Gasteiger partial charge in [0.1, 0.15) is 12.4 Å². The van der Waals surface area contributed by atoms with Gasteiger partial charge < -0.3 is 19.9 Å². The van der Waals surface area contributed by atoms with Gasteiger partial charge in [-0.3, -0.25) is 4.90 Å². The summed E-state index contributed by atoms with van der Waals surface area (Å²) in [6.07, 6.45) is 3.53. The Hall–Kier alpha value is -3.05. The molecule has 1 aliphatic rings. The van der Waals surface area contributed by atoms with Crippen molar-refractivity contribution in [1.82, 2.24) is 34.8 Å². The molecule has 11 nitrogen and oxygen atoms in total. The monoisotopic (exact) mass is 371 g/mol.